The zero-order chi connectivity index (χ0) is 22.6. The van der Waals surface area contributed by atoms with E-state index in [4.69, 9.17) is 0 Å². The second-order valence-electron chi connectivity index (χ2n) is 7.61. The van der Waals surface area contributed by atoms with Crippen LogP contribution >= 0.6 is 0 Å². The Kier molecular flexibility index (Phi) is 6.48. The predicted molar refractivity (Wildman–Crippen MR) is 120 cm³/mol. The van der Waals surface area contributed by atoms with Gasteiger partial charge < -0.3 is 5.32 Å². The van der Waals surface area contributed by atoms with E-state index in [1.165, 1.54) is 10.4 Å². The molecular weight excluding hydrogens is 428 g/mol. The number of hydrogen-bond donors (Lipinski definition) is 1. The normalized spacial score (nSPS) is 14.4. The van der Waals surface area contributed by atoms with Crippen LogP contribution in [0, 0.1) is 0 Å². The van der Waals surface area contributed by atoms with Gasteiger partial charge in [-0.1, -0.05) is 42.5 Å². The molecule has 0 unspecified atom stereocenters. The van der Waals surface area contributed by atoms with E-state index in [0.29, 0.717) is 18.8 Å². The fraction of sp³-hybridized carbons (Fsp3) is 0.261. The molecule has 1 aliphatic rings. The highest BCUT2D eigenvalue weighted by Crippen LogP contribution is 2.21. The summed E-state index contributed by atoms with van der Waals surface area (Å²) >= 11 is 0. The molecule has 0 radical (unpaired) electrons. The molecule has 32 heavy (non-hydrogen) atoms. The van der Waals surface area contributed by atoms with Crippen LogP contribution in [-0.2, 0) is 27.9 Å². The SMILES string of the molecule is O=C(Cn1nc(-c2ccccc2)ccc1=O)NCc1ccc(S(=O)(=O)N2CCCC2)cc1. The van der Waals surface area contributed by atoms with Crippen LogP contribution in [0.4, 0.5) is 0 Å². The molecule has 1 N–H and O–H groups in total. The topological polar surface area (TPSA) is 101 Å². The molecular formula is C23H24N4O4S. The van der Waals surface area contributed by atoms with Crippen molar-refractivity contribution in [1.82, 2.24) is 19.4 Å². The van der Waals surface area contributed by atoms with Gasteiger partial charge in [-0.15, -0.1) is 0 Å². The Morgan fingerprint density at radius 1 is 0.938 bits per heavy atom. The van der Waals surface area contributed by atoms with Crippen molar-refractivity contribution in [2.24, 2.45) is 0 Å². The van der Waals surface area contributed by atoms with Gasteiger partial charge in [0.1, 0.15) is 6.54 Å². The molecule has 1 fully saturated rings. The maximum Gasteiger partial charge on any atom is 0.267 e. The zero-order valence-corrected chi connectivity index (χ0v) is 18.3. The number of carbonyl (C=O) groups excluding carboxylic acids is 1. The number of nitrogens with zero attached hydrogens (tertiary/aromatic N) is 3. The first-order chi connectivity index (χ1) is 15.4. The molecule has 1 aliphatic heterocycles. The molecule has 0 aliphatic carbocycles. The third-order valence-electron chi connectivity index (χ3n) is 5.35. The Labute approximate surface area is 186 Å². The summed E-state index contributed by atoms with van der Waals surface area (Å²) < 4.78 is 27.8. The summed E-state index contributed by atoms with van der Waals surface area (Å²) in [6.45, 7) is 1.12. The van der Waals surface area contributed by atoms with Gasteiger partial charge in [0.2, 0.25) is 15.9 Å². The van der Waals surface area contributed by atoms with Crippen LogP contribution in [0.25, 0.3) is 11.3 Å². The molecule has 2 heterocycles. The maximum absolute atomic E-state index is 12.6. The number of nitrogens with one attached hydrogen (secondary N) is 1. The lowest BCUT2D eigenvalue weighted by Crippen LogP contribution is -2.33. The van der Waals surface area contributed by atoms with Crippen molar-refractivity contribution in [3.05, 3.63) is 82.6 Å². The van der Waals surface area contributed by atoms with Crippen molar-refractivity contribution >= 4 is 15.9 Å². The van der Waals surface area contributed by atoms with E-state index in [9.17, 15) is 18.0 Å². The summed E-state index contributed by atoms with van der Waals surface area (Å²) in [5.41, 5.74) is 1.85. The monoisotopic (exact) mass is 452 g/mol. The Balaban J connectivity index is 1.38. The lowest BCUT2D eigenvalue weighted by Gasteiger charge is -2.15. The first-order valence-corrected chi connectivity index (χ1v) is 11.9. The summed E-state index contributed by atoms with van der Waals surface area (Å²) in [7, 11) is -3.46. The second kappa shape index (κ2) is 9.46. The van der Waals surface area contributed by atoms with Crippen LogP contribution in [0.2, 0.25) is 0 Å². The molecule has 1 amide bonds. The van der Waals surface area contributed by atoms with Crippen molar-refractivity contribution in [2.75, 3.05) is 13.1 Å². The number of carbonyl (C=O) groups is 1. The Morgan fingerprint density at radius 2 is 1.62 bits per heavy atom. The second-order valence-corrected chi connectivity index (χ2v) is 9.55. The summed E-state index contributed by atoms with van der Waals surface area (Å²) in [6, 6.07) is 18.9. The van der Waals surface area contributed by atoms with Crippen LogP contribution in [-0.4, -0.2) is 41.5 Å². The van der Waals surface area contributed by atoms with Crippen LogP contribution in [0.5, 0.6) is 0 Å². The van der Waals surface area contributed by atoms with Crippen LogP contribution < -0.4 is 10.9 Å². The van der Waals surface area contributed by atoms with Gasteiger partial charge in [-0.3, -0.25) is 9.59 Å². The predicted octanol–water partition coefficient (Wildman–Crippen LogP) is 2.01. The average Bonchev–Trinajstić information content (AvgIpc) is 3.36. The Bertz CT molecular complexity index is 1250. The van der Waals surface area contributed by atoms with E-state index in [1.807, 2.05) is 30.3 Å². The standard InChI is InChI=1S/C23H24N4O4S/c28-22(17-27-23(29)13-12-21(25-27)19-6-2-1-3-7-19)24-16-18-8-10-20(11-9-18)32(30,31)26-14-4-5-15-26/h1-3,6-13H,4-5,14-17H2,(H,24,28). The summed E-state index contributed by atoms with van der Waals surface area (Å²) in [6.07, 6.45) is 1.77. The number of benzene rings is 2. The van der Waals surface area contributed by atoms with Crippen molar-refractivity contribution in [3.8, 4) is 11.3 Å². The third-order valence-corrected chi connectivity index (χ3v) is 7.26. The van der Waals surface area contributed by atoms with Gasteiger partial charge in [0.15, 0.2) is 0 Å². The molecule has 3 aromatic rings. The highest BCUT2D eigenvalue weighted by molar-refractivity contribution is 7.89. The summed E-state index contributed by atoms with van der Waals surface area (Å²) in [4.78, 5) is 24.7. The van der Waals surface area contributed by atoms with Gasteiger partial charge in [0.05, 0.1) is 10.6 Å². The van der Waals surface area contributed by atoms with Crippen LogP contribution in [0.3, 0.4) is 0 Å². The molecule has 0 spiro atoms. The number of aromatic nitrogens is 2. The Hall–Kier alpha value is -3.30. The number of amides is 1. The maximum atomic E-state index is 12.6. The minimum absolute atomic E-state index is 0.207. The summed E-state index contributed by atoms with van der Waals surface area (Å²) in [5.74, 6) is -0.362. The van der Waals surface area contributed by atoms with Gasteiger partial charge in [-0.05, 0) is 36.6 Å². The fourth-order valence-corrected chi connectivity index (χ4v) is 5.09. The molecule has 0 saturated carbocycles. The molecule has 4 rings (SSSR count). The number of hydrogen-bond acceptors (Lipinski definition) is 5. The minimum atomic E-state index is -3.46. The molecule has 166 valence electrons. The van der Waals surface area contributed by atoms with Gasteiger partial charge in [-0.2, -0.15) is 9.40 Å². The van der Waals surface area contributed by atoms with Crippen LogP contribution in [0.15, 0.2) is 76.4 Å². The molecule has 0 atom stereocenters. The largest absolute Gasteiger partial charge is 0.350 e. The Morgan fingerprint density at radius 3 is 2.31 bits per heavy atom. The molecule has 2 aromatic carbocycles. The number of sulfonamides is 1. The van der Waals surface area contributed by atoms with Crippen LogP contribution in [0.1, 0.15) is 18.4 Å². The van der Waals surface area contributed by atoms with Crippen molar-refractivity contribution in [2.45, 2.75) is 30.8 Å². The molecule has 8 nitrogen and oxygen atoms in total. The van der Waals surface area contributed by atoms with E-state index >= 15 is 0 Å². The first kappa shape index (κ1) is 21.9. The zero-order valence-electron chi connectivity index (χ0n) is 17.5. The van der Waals surface area contributed by atoms with E-state index in [2.05, 4.69) is 10.4 Å². The van der Waals surface area contributed by atoms with E-state index in [0.717, 1.165) is 28.7 Å². The average molecular weight is 453 g/mol. The van der Waals surface area contributed by atoms with Crippen molar-refractivity contribution < 1.29 is 13.2 Å². The number of rotatable bonds is 7. The van der Waals surface area contributed by atoms with E-state index in [-0.39, 0.29) is 29.5 Å². The lowest BCUT2D eigenvalue weighted by atomic mass is 10.1. The highest BCUT2D eigenvalue weighted by Gasteiger charge is 2.26. The van der Waals surface area contributed by atoms with Gasteiger partial charge in [0.25, 0.3) is 5.56 Å². The first-order valence-electron chi connectivity index (χ1n) is 10.4. The lowest BCUT2D eigenvalue weighted by molar-refractivity contribution is -0.122. The quantitative estimate of drug-likeness (QED) is 0.591. The van der Waals surface area contributed by atoms with Gasteiger partial charge in [-0.25, -0.2) is 13.1 Å². The smallest absolute Gasteiger partial charge is 0.267 e. The van der Waals surface area contributed by atoms with Crippen molar-refractivity contribution in [3.63, 3.8) is 0 Å². The van der Waals surface area contributed by atoms with Gasteiger partial charge >= 0.3 is 0 Å². The van der Waals surface area contributed by atoms with Gasteiger partial charge in [0, 0.05) is 31.3 Å². The molecule has 9 heteroatoms. The molecule has 0 bridgehead atoms. The summed E-state index contributed by atoms with van der Waals surface area (Å²) in [5, 5.41) is 7.03. The fourth-order valence-electron chi connectivity index (χ4n) is 3.57. The highest BCUT2D eigenvalue weighted by atomic mass is 32.2. The van der Waals surface area contributed by atoms with E-state index < -0.39 is 10.0 Å². The van der Waals surface area contributed by atoms with E-state index in [1.54, 1.807) is 30.3 Å². The molecule has 1 aromatic heterocycles. The third kappa shape index (κ3) is 4.95. The minimum Gasteiger partial charge on any atom is -0.350 e. The van der Waals surface area contributed by atoms with Crippen molar-refractivity contribution in [1.29, 1.82) is 0 Å². The molecule has 1 saturated heterocycles.